The van der Waals surface area contributed by atoms with Gasteiger partial charge in [-0.3, -0.25) is 4.52 Å². The van der Waals surface area contributed by atoms with E-state index in [0.717, 1.165) is 12.1 Å². The zero-order valence-corrected chi connectivity index (χ0v) is 30.1. The molecule has 2 heterocycles. The van der Waals surface area contributed by atoms with Crippen LogP contribution in [0.3, 0.4) is 0 Å². The Balaban J connectivity index is 1.39. The lowest BCUT2D eigenvalue weighted by molar-refractivity contribution is -0.146. The lowest BCUT2D eigenvalue weighted by atomic mass is 9.89. The number of phosphoric ester groups is 1. The van der Waals surface area contributed by atoms with Crippen molar-refractivity contribution < 1.29 is 51.1 Å². The molecule has 2 atom stereocenters. The maximum atomic E-state index is 15.8. The van der Waals surface area contributed by atoms with Crippen LogP contribution in [0.1, 0.15) is 45.1 Å². The fraction of sp³-hybridized carbons (Fsp3) is 0.278. The number of halogens is 3. The SMILES string of the molecule is Cc1ccc(COP(=O)(O)O)c(C(=O)O[C@@](Cn2cncn2)(c2ccc(F)cc2F)[C@@H](C)SC2COC(/C=C/C=C/c3ccc(C#N)cc3F)OC2)c1. The summed E-state index contributed by atoms with van der Waals surface area (Å²) < 4.78 is 79.8. The Hall–Kier alpha value is -4.59. The van der Waals surface area contributed by atoms with Gasteiger partial charge < -0.3 is 24.0 Å². The van der Waals surface area contributed by atoms with Gasteiger partial charge in [0.1, 0.15) is 30.1 Å². The molecule has 1 aliphatic heterocycles. The molecule has 278 valence electrons. The number of esters is 1. The van der Waals surface area contributed by atoms with Gasteiger partial charge in [-0.2, -0.15) is 10.4 Å². The summed E-state index contributed by atoms with van der Waals surface area (Å²) in [5.74, 6) is -3.35. The van der Waals surface area contributed by atoms with E-state index in [-0.39, 0.29) is 47.3 Å². The van der Waals surface area contributed by atoms with Gasteiger partial charge in [-0.05, 0) is 55.8 Å². The molecule has 0 radical (unpaired) electrons. The van der Waals surface area contributed by atoms with E-state index in [0.29, 0.717) is 17.2 Å². The third-order valence-corrected chi connectivity index (χ3v) is 10.0. The largest absolute Gasteiger partial charge is 0.469 e. The minimum atomic E-state index is -4.91. The average molecular weight is 771 g/mol. The Morgan fingerprint density at radius 3 is 2.57 bits per heavy atom. The Morgan fingerprint density at radius 1 is 1.13 bits per heavy atom. The Kier molecular flexibility index (Phi) is 13.1. The molecule has 0 bridgehead atoms. The summed E-state index contributed by atoms with van der Waals surface area (Å²) in [4.78, 5) is 36.7. The minimum absolute atomic E-state index is 0.0870. The predicted molar refractivity (Wildman–Crippen MR) is 187 cm³/mol. The fourth-order valence-electron chi connectivity index (χ4n) is 5.51. The van der Waals surface area contributed by atoms with Gasteiger partial charge in [0.05, 0.1) is 48.8 Å². The Labute approximate surface area is 307 Å². The van der Waals surface area contributed by atoms with Crippen molar-refractivity contribution in [3.63, 3.8) is 0 Å². The predicted octanol–water partition coefficient (Wildman–Crippen LogP) is 6.37. The second kappa shape index (κ2) is 17.5. The molecule has 1 saturated heterocycles. The number of hydrogen-bond donors (Lipinski definition) is 2. The van der Waals surface area contributed by atoms with E-state index in [1.807, 2.05) is 6.07 Å². The molecule has 2 N–H and O–H groups in total. The van der Waals surface area contributed by atoms with Crippen LogP contribution in [0.5, 0.6) is 0 Å². The number of benzene rings is 3. The molecule has 12 nitrogen and oxygen atoms in total. The van der Waals surface area contributed by atoms with Crippen LogP contribution in [-0.4, -0.2) is 60.5 Å². The number of nitrogens with zero attached hydrogens (tertiary/aromatic N) is 4. The highest BCUT2D eigenvalue weighted by Gasteiger charge is 2.47. The third kappa shape index (κ3) is 10.5. The summed E-state index contributed by atoms with van der Waals surface area (Å²) in [6, 6.07) is 13.5. The highest BCUT2D eigenvalue weighted by atomic mass is 32.2. The third-order valence-electron chi connectivity index (χ3n) is 8.13. The van der Waals surface area contributed by atoms with E-state index in [4.69, 9.17) is 19.5 Å². The molecule has 0 amide bonds. The van der Waals surface area contributed by atoms with E-state index in [9.17, 15) is 27.9 Å². The topological polar surface area (TPSA) is 166 Å². The van der Waals surface area contributed by atoms with Gasteiger partial charge in [-0.1, -0.05) is 42.0 Å². The van der Waals surface area contributed by atoms with E-state index in [2.05, 4.69) is 14.6 Å². The summed E-state index contributed by atoms with van der Waals surface area (Å²) >= 11 is 1.27. The van der Waals surface area contributed by atoms with E-state index < -0.39 is 55.0 Å². The zero-order valence-electron chi connectivity index (χ0n) is 28.3. The van der Waals surface area contributed by atoms with Gasteiger partial charge in [-0.15, -0.1) is 11.8 Å². The quantitative estimate of drug-likeness (QED) is 0.0828. The number of ether oxygens (including phenoxy) is 3. The van der Waals surface area contributed by atoms with E-state index >= 15 is 4.39 Å². The van der Waals surface area contributed by atoms with E-state index in [1.54, 1.807) is 38.1 Å². The van der Waals surface area contributed by atoms with Crippen LogP contribution in [0, 0.1) is 35.7 Å². The van der Waals surface area contributed by atoms with Crippen LogP contribution in [-0.2, 0) is 42.1 Å². The number of hydrogen-bond acceptors (Lipinski definition) is 10. The highest BCUT2D eigenvalue weighted by Crippen LogP contribution is 2.43. The molecule has 1 fully saturated rings. The number of aromatic nitrogens is 3. The van der Waals surface area contributed by atoms with Gasteiger partial charge in [0.2, 0.25) is 0 Å². The van der Waals surface area contributed by atoms with Crippen LogP contribution in [0.2, 0.25) is 0 Å². The van der Waals surface area contributed by atoms with Crippen LogP contribution < -0.4 is 0 Å². The average Bonchev–Trinajstić information content (AvgIpc) is 3.63. The molecule has 0 spiro atoms. The van der Waals surface area contributed by atoms with Crippen molar-refractivity contribution in [1.82, 2.24) is 14.8 Å². The van der Waals surface area contributed by atoms with Crippen molar-refractivity contribution in [2.45, 2.75) is 49.4 Å². The molecule has 1 aliphatic rings. The van der Waals surface area contributed by atoms with Crippen molar-refractivity contribution >= 4 is 31.6 Å². The number of carbonyl (C=O) groups excluding carboxylic acids is 1. The molecule has 0 aliphatic carbocycles. The van der Waals surface area contributed by atoms with Crippen molar-refractivity contribution in [1.29, 1.82) is 5.26 Å². The highest BCUT2D eigenvalue weighted by molar-refractivity contribution is 8.00. The molecule has 0 unspecified atom stereocenters. The Morgan fingerprint density at radius 2 is 1.91 bits per heavy atom. The molecule has 17 heteroatoms. The fourth-order valence-corrected chi connectivity index (χ4v) is 7.17. The number of allylic oxidation sites excluding steroid dienone is 2. The van der Waals surface area contributed by atoms with Gasteiger partial charge in [0.15, 0.2) is 11.9 Å². The smallest absolute Gasteiger partial charge is 0.447 e. The number of aryl methyl sites for hydroxylation is 1. The first-order valence-corrected chi connectivity index (χ1v) is 18.5. The second-order valence-electron chi connectivity index (χ2n) is 11.9. The van der Waals surface area contributed by atoms with Crippen LogP contribution in [0.25, 0.3) is 6.08 Å². The van der Waals surface area contributed by atoms with Crippen molar-refractivity contribution in [3.8, 4) is 6.07 Å². The molecule has 4 aromatic rings. The normalized spacial score (nSPS) is 18.2. The molecule has 0 saturated carbocycles. The first-order chi connectivity index (χ1) is 25.3. The zero-order chi connectivity index (χ0) is 38.2. The van der Waals surface area contributed by atoms with Gasteiger partial charge in [0, 0.05) is 22.4 Å². The number of rotatable bonds is 14. The first-order valence-electron chi connectivity index (χ1n) is 16.0. The van der Waals surface area contributed by atoms with Crippen LogP contribution >= 0.6 is 19.6 Å². The van der Waals surface area contributed by atoms with Gasteiger partial charge in [0.25, 0.3) is 0 Å². The first kappa shape index (κ1) is 39.6. The maximum Gasteiger partial charge on any atom is 0.469 e. The molecular weight excluding hydrogens is 736 g/mol. The summed E-state index contributed by atoms with van der Waals surface area (Å²) in [5, 5.41) is 11.9. The van der Waals surface area contributed by atoms with E-state index in [1.165, 1.54) is 65.5 Å². The minimum Gasteiger partial charge on any atom is -0.447 e. The van der Waals surface area contributed by atoms with Gasteiger partial charge >= 0.3 is 13.8 Å². The lowest BCUT2D eigenvalue weighted by Gasteiger charge is -2.40. The second-order valence-corrected chi connectivity index (χ2v) is 14.8. The Bertz CT molecular complexity index is 2070. The molecule has 3 aromatic carbocycles. The number of thioether (sulfide) groups is 1. The molecule has 1 aromatic heterocycles. The summed E-state index contributed by atoms with van der Waals surface area (Å²) in [6.45, 7) is 2.83. The van der Waals surface area contributed by atoms with Crippen molar-refractivity contribution in [2.24, 2.45) is 0 Å². The standard InChI is InChI=1S/C36H34F3N4O8PS/c1-23-7-9-27(17-50-52(45,46)47)30(13-23)35(44)51-36(20-43-22-41-21-42-43,31-12-11-28(37)15-33(31)39)24(2)53-29-18-48-34(49-19-29)6-4-3-5-26-10-8-25(16-40)14-32(26)38/h3-15,21-22,24,29,34H,17-20H2,1-2H3,(H2,45,46,47)/b5-3+,6-4+/t24-,29?,34?,36-/m1/s1. The van der Waals surface area contributed by atoms with Crippen molar-refractivity contribution in [3.05, 3.63) is 136 Å². The summed E-state index contributed by atoms with van der Waals surface area (Å²) in [6.07, 6.45) is 8.25. The van der Waals surface area contributed by atoms with Crippen LogP contribution in [0.4, 0.5) is 13.2 Å². The number of phosphoric acid groups is 1. The summed E-state index contributed by atoms with van der Waals surface area (Å²) in [5.41, 5.74) is -0.895. The monoisotopic (exact) mass is 770 g/mol. The van der Waals surface area contributed by atoms with Crippen molar-refractivity contribution in [2.75, 3.05) is 13.2 Å². The molecule has 5 rings (SSSR count). The molecule has 53 heavy (non-hydrogen) atoms. The van der Waals surface area contributed by atoms with Gasteiger partial charge in [-0.25, -0.2) is 32.2 Å². The summed E-state index contributed by atoms with van der Waals surface area (Å²) in [7, 11) is -4.91. The van der Waals surface area contributed by atoms with Crippen LogP contribution in [0.15, 0.2) is 85.5 Å². The maximum absolute atomic E-state index is 15.8. The number of carbonyl (C=O) groups is 1. The lowest BCUT2D eigenvalue weighted by Crippen LogP contribution is -2.47. The number of nitriles is 1. The molecular formula is C36H34F3N4O8PS.